The van der Waals surface area contributed by atoms with Crippen LogP contribution in [0.25, 0.3) is 10.8 Å². The first-order chi connectivity index (χ1) is 9.67. The SMILES string of the molecule is COc1ccc2cc(C(=O)CC(OC)OC)ccc2c1. The van der Waals surface area contributed by atoms with Crippen molar-refractivity contribution in [3.63, 3.8) is 0 Å². The molecule has 0 unspecified atom stereocenters. The molecule has 0 aromatic heterocycles. The predicted molar refractivity (Wildman–Crippen MR) is 77.3 cm³/mol. The van der Waals surface area contributed by atoms with Gasteiger partial charge in [0, 0.05) is 19.8 Å². The molecule has 0 heterocycles. The van der Waals surface area contributed by atoms with Crippen LogP contribution in [-0.4, -0.2) is 33.4 Å². The zero-order chi connectivity index (χ0) is 14.5. The Hall–Kier alpha value is -1.91. The van der Waals surface area contributed by atoms with Crippen LogP contribution in [0.3, 0.4) is 0 Å². The number of carbonyl (C=O) groups excluding carboxylic acids is 1. The van der Waals surface area contributed by atoms with Crippen molar-refractivity contribution in [3.05, 3.63) is 42.0 Å². The molecule has 4 heteroatoms. The standard InChI is InChI=1S/C16H18O4/c1-18-14-7-6-11-8-13(5-4-12(11)9-14)15(17)10-16(19-2)20-3/h4-9,16H,10H2,1-3H3. The first-order valence-electron chi connectivity index (χ1n) is 6.34. The summed E-state index contributed by atoms with van der Waals surface area (Å²) in [6.45, 7) is 0. The molecular weight excluding hydrogens is 256 g/mol. The quantitative estimate of drug-likeness (QED) is 0.600. The summed E-state index contributed by atoms with van der Waals surface area (Å²) < 4.78 is 15.3. The maximum Gasteiger partial charge on any atom is 0.167 e. The molecule has 0 spiro atoms. The number of carbonyl (C=O) groups is 1. The normalized spacial score (nSPS) is 11.0. The van der Waals surface area contributed by atoms with Crippen molar-refractivity contribution < 1.29 is 19.0 Å². The molecule has 0 radical (unpaired) electrons. The second-order valence-corrected chi connectivity index (χ2v) is 4.46. The fourth-order valence-corrected chi connectivity index (χ4v) is 2.06. The maximum atomic E-state index is 12.2. The van der Waals surface area contributed by atoms with Gasteiger partial charge in [0.25, 0.3) is 0 Å². The molecule has 4 nitrogen and oxygen atoms in total. The highest BCUT2D eigenvalue weighted by molar-refractivity contribution is 6.00. The van der Waals surface area contributed by atoms with Crippen LogP contribution < -0.4 is 4.74 Å². The lowest BCUT2D eigenvalue weighted by Crippen LogP contribution is -2.18. The van der Waals surface area contributed by atoms with Crippen LogP contribution in [0.15, 0.2) is 36.4 Å². The Bertz CT molecular complexity index is 602. The lowest BCUT2D eigenvalue weighted by molar-refractivity contribution is -0.0993. The highest BCUT2D eigenvalue weighted by Crippen LogP contribution is 2.22. The number of fused-ring (bicyclic) bond motifs is 1. The molecule has 0 bridgehead atoms. The Kier molecular flexibility index (Phi) is 4.71. The summed E-state index contributed by atoms with van der Waals surface area (Å²) in [7, 11) is 4.68. The number of benzene rings is 2. The van der Waals surface area contributed by atoms with Gasteiger partial charge in [-0.25, -0.2) is 0 Å². The van der Waals surface area contributed by atoms with Gasteiger partial charge in [0.1, 0.15) is 5.75 Å². The van der Waals surface area contributed by atoms with Crippen LogP contribution in [0.1, 0.15) is 16.8 Å². The van der Waals surface area contributed by atoms with Crippen LogP contribution in [0.2, 0.25) is 0 Å². The Morgan fingerprint density at radius 3 is 2.30 bits per heavy atom. The van der Waals surface area contributed by atoms with E-state index in [0.29, 0.717) is 5.56 Å². The third kappa shape index (κ3) is 3.15. The summed E-state index contributed by atoms with van der Waals surface area (Å²) in [4.78, 5) is 12.2. The highest BCUT2D eigenvalue weighted by Gasteiger charge is 2.14. The zero-order valence-corrected chi connectivity index (χ0v) is 11.9. The van der Waals surface area contributed by atoms with Crippen molar-refractivity contribution >= 4 is 16.6 Å². The molecule has 106 valence electrons. The Labute approximate surface area is 118 Å². The van der Waals surface area contributed by atoms with E-state index in [1.165, 1.54) is 14.2 Å². The lowest BCUT2D eigenvalue weighted by Gasteiger charge is -2.12. The van der Waals surface area contributed by atoms with E-state index in [-0.39, 0.29) is 12.2 Å². The molecule has 0 N–H and O–H groups in total. The molecule has 0 saturated heterocycles. The van der Waals surface area contributed by atoms with Gasteiger partial charge in [0.15, 0.2) is 12.1 Å². The van der Waals surface area contributed by atoms with Crippen molar-refractivity contribution in [1.29, 1.82) is 0 Å². The second kappa shape index (κ2) is 6.50. The van der Waals surface area contributed by atoms with Gasteiger partial charge < -0.3 is 14.2 Å². The van der Waals surface area contributed by atoms with E-state index in [2.05, 4.69) is 0 Å². The molecule has 20 heavy (non-hydrogen) atoms. The first-order valence-corrected chi connectivity index (χ1v) is 6.34. The second-order valence-electron chi connectivity index (χ2n) is 4.46. The third-order valence-corrected chi connectivity index (χ3v) is 3.25. The number of hydrogen-bond acceptors (Lipinski definition) is 4. The fourth-order valence-electron chi connectivity index (χ4n) is 2.06. The van der Waals surface area contributed by atoms with Crippen LogP contribution in [0.4, 0.5) is 0 Å². The molecule has 0 atom stereocenters. The van der Waals surface area contributed by atoms with E-state index in [0.717, 1.165) is 16.5 Å². The number of Topliss-reactive ketones (excluding diaryl/α,β-unsaturated/α-hetero) is 1. The Morgan fingerprint density at radius 1 is 1.00 bits per heavy atom. The molecule has 0 saturated carbocycles. The lowest BCUT2D eigenvalue weighted by atomic mass is 10.0. The van der Waals surface area contributed by atoms with Crippen molar-refractivity contribution in [2.45, 2.75) is 12.7 Å². The largest absolute Gasteiger partial charge is 0.497 e. The molecule has 2 rings (SSSR count). The maximum absolute atomic E-state index is 12.2. The van der Waals surface area contributed by atoms with E-state index in [9.17, 15) is 4.79 Å². The van der Waals surface area contributed by atoms with Crippen LogP contribution >= 0.6 is 0 Å². The number of rotatable bonds is 6. The van der Waals surface area contributed by atoms with Crippen LogP contribution in [0, 0.1) is 0 Å². The summed E-state index contributed by atoms with van der Waals surface area (Å²) in [5.74, 6) is 0.798. The van der Waals surface area contributed by atoms with Gasteiger partial charge in [-0.1, -0.05) is 18.2 Å². The molecule has 0 aliphatic heterocycles. The molecule has 2 aromatic carbocycles. The minimum absolute atomic E-state index is 0.00332. The van der Waals surface area contributed by atoms with Gasteiger partial charge in [-0.05, 0) is 29.0 Å². The molecule has 0 amide bonds. The zero-order valence-electron chi connectivity index (χ0n) is 11.9. The van der Waals surface area contributed by atoms with Crippen LogP contribution in [0.5, 0.6) is 5.75 Å². The van der Waals surface area contributed by atoms with E-state index in [4.69, 9.17) is 14.2 Å². The minimum atomic E-state index is -0.505. The first kappa shape index (κ1) is 14.5. The smallest absolute Gasteiger partial charge is 0.167 e. The van der Waals surface area contributed by atoms with Gasteiger partial charge in [-0.3, -0.25) is 4.79 Å². The van der Waals surface area contributed by atoms with Gasteiger partial charge >= 0.3 is 0 Å². The molecule has 0 fully saturated rings. The van der Waals surface area contributed by atoms with E-state index >= 15 is 0 Å². The monoisotopic (exact) mass is 274 g/mol. The Morgan fingerprint density at radius 2 is 1.65 bits per heavy atom. The highest BCUT2D eigenvalue weighted by atomic mass is 16.7. The van der Waals surface area contributed by atoms with Crippen molar-refractivity contribution in [1.82, 2.24) is 0 Å². The summed E-state index contributed by atoms with van der Waals surface area (Å²) in [6.07, 6.45) is -0.302. The number of ether oxygens (including phenoxy) is 3. The van der Waals surface area contributed by atoms with Crippen LogP contribution in [-0.2, 0) is 9.47 Å². The van der Waals surface area contributed by atoms with Gasteiger partial charge in [-0.2, -0.15) is 0 Å². The number of ketones is 1. The van der Waals surface area contributed by atoms with Crippen molar-refractivity contribution in [2.75, 3.05) is 21.3 Å². The average Bonchev–Trinajstić information content (AvgIpc) is 2.51. The van der Waals surface area contributed by atoms with Gasteiger partial charge in [0.2, 0.25) is 0 Å². The average molecular weight is 274 g/mol. The predicted octanol–water partition coefficient (Wildman–Crippen LogP) is 3.04. The minimum Gasteiger partial charge on any atom is -0.497 e. The molecule has 2 aromatic rings. The summed E-state index contributed by atoms with van der Waals surface area (Å²) in [5, 5.41) is 2.04. The topological polar surface area (TPSA) is 44.8 Å². The molecular formula is C16H18O4. The summed E-state index contributed by atoms with van der Waals surface area (Å²) in [5.41, 5.74) is 0.654. The van der Waals surface area contributed by atoms with Crippen molar-refractivity contribution in [2.24, 2.45) is 0 Å². The fraction of sp³-hybridized carbons (Fsp3) is 0.312. The summed E-state index contributed by atoms with van der Waals surface area (Å²) in [6, 6.07) is 11.4. The number of hydrogen-bond donors (Lipinski definition) is 0. The van der Waals surface area contributed by atoms with Gasteiger partial charge in [0.05, 0.1) is 13.5 Å². The van der Waals surface area contributed by atoms with Crippen molar-refractivity contribution in [3.8, 4) is 5.75 Å². The molecule has 0 aliphatic carbocycles. The third-order valence-electron chi connectivity index (χ3n) is 3.25. The van der Waals surface area contributed by atoms with E-state index in [1.807, 2.05) is 36.4 Å². The van der Waals surface area contributed by atoms with E-state index in [1.54, 1.807) is 7.11 Å². The number of methoxy groups -OCH3 is 3. The Balaban J connectivity index is 2.25. The van der Waals surface area contributed by atoms with Gasteiger partial charge in [-0.15, -0.1) is 0 Å². The summed E-state index contributed by atoms with van der Waals surface area (Å²) >= 11 is 0. The molecule has 0 aliphatic rings. The van der Waals surface area contributed by atoms with E-state index < -0.39 is 6.29 Å².